The summed E-state index contributed by atoms with van der Waals surface area (Å²) >= 11 is 0. The quantitative estimate of drug-likeness (QED) is 0.0916. The molecule has 3 heterocycles. The highest BCUT2D eigenvalue weighted by Gasteiger charge is 2.22. The van der Waals surface area contributed by atoms with Crippen molar-refractivity contribution in [1.82, 2.24) is 15.1 Å². The lowest BCUT2D eigenvalue weighted by molar-refractivity contribution is 0.100. The van der Waals surface area contributed by atoms with Crippen LogP contribution in [0.1, 0.15) is 129 Å². The zero-order valence-corrected chi connectivity index (χ0v) is 58.9. The van der Waals surface area contributed by atoms with E-state index in [0.717, 1.165) is 124 Å². The molecule has 0 radical (unpaired) electrons. The van der Waals surface area contributed by atoms with Crippen LogP contribution in [0.2, 0.25) is 0 Å². The van der Waals surface area contributed by atoms with Crippen LogP contribution in [0.3, 0.4) is 0 Å². The largest absolute Gasteiger partial charge is 0.313 e. The predicted octanol–water partition coefficient (Wildman–Crippen LogP) is 22.1. The van der Waals surface area contributed by atoms with Crippen molar-refractivity contribution in [2.24, 2.45) is 0 Å². The lowest BCUT2D eigenvalue weighted by atomic mass is 9.87. The van der Waals surface area contributed by atoms with Crippen molar-refractivity contribution in [3.05, 3.63) is 293 Å². The van der Waals surface area contributed by atoms with Gasteiger partial charge in [-0.3, -0.25) is 19.3 Å². The smallest absolute Gasteiger partial charge is 0.159 e. The zero-order chi connectivity index (χ0) is 69.4. The number of carbonyl (C=O) groups is 3. The molecule has 6 heteroatoms. The molecule has 3 aliphatic rings. The summed E-state index contributed by atoms with van der Waals surface area (Å²) in [5.74, 6) is 4.26. The number of terminal acetylenes is 1. The van der Waals surface area contributed by atoms with Crippen LogP contribution in [-0.2, 0) is 0 Å². The van der Waals surface area contributed by atoms with Crippen molar-refractivity contribution in [1.29, 1.82) is 0 Å². The summed E-state index contributed by atoms with van der Waals surface area (Å²) in [4.78, 5) is 41.8. The molecule has 0 saturated carbocycles. The monoisotopic (exact) mass is 1310 g/mol. The van der Waals surface area contributed by atoms with Gasteiger partial charge < -0.3 is 10.2 Å². The summed E-state index contributed by atoms with van der Waals surface area (Å²) in [5, 5.41) is 10.2. The first-order valence-corrected chi connectivity index (χ1v) is 35.6. The molecular weight excluding hydrogens is 1220 g/mol. The molecule has 0 aliphatic carbocycles. The number of nitrogens with one attached hydrogen (secondary N) is 1. The fraction of sp³-hybridized carbons (Fsp3) is 0.223. The van der Waals surface area contributed by atoms with Crippen LogP contribution >= 0.6 is 0 Å². The van der Waals surface area contributed by atoms with E-state index in [-0.39, 0.29) is 17.3 Å². The Bertz CT molecular complexity index is 5040. The first kappa shape index (κ1) is 68.1. The number of piperidine rings is 2. The Balaban J connectivity index is 0.000000135. The van der Waals surface area contributed by atoms with E-state index in [4.69, 9.17) is 6.42 Å². The molecule has 0 amide bonds. The van der Waals surface area contributed by atoms with Crippen molar-refractivity contribution in [3.8, 4) is 79.1 Å². The first-order valence-electron chi connectivity index (χ1n) is 35.6. The molecule has 100 heavy (non-hydrogen) atoms. The zero-order valence-electron chi connectivity index (χ0n) is 58.9. The van der Waals surface area contributed by atoms with Crippen molar-refractivity contribution in [3.63, 3.8) is 0 Å². The Morgan fingerprint density at radius 3 is 1.05 bits per heavy atom. The van der Waals surface area contributed by atoms with E-state index >= 15 is 0 Å². The van der Waals surface area contributed by atoms with E-state index in [1.165, 1.54) is 109 Å². The number of nitrogens with zero attached hydrogens (tertiary/aromatic N) is 2. The summed E-state index contributed by atoms with van der Waals surface area (Å²) in [7, 11) is 2.21. The van der Waals surface area contributed by atoms with E-state index in [1.807, 2.05) is 30.3 Å². The predicted molar refractivity (Wildman–Crippen MR) is 421 cm³/mol. The van der Waals surface area contributed by atoms with Gasteiger partial charge in [0.1, 0.15) is 0 Å². The maximum atomic E-state index is 12.4. The van der Waals surface area contributed by atoms with Crippen LogP contribution in [0.5, 0.6) is 0 Å². The minimum absolute atomic E-state index is 0.0873. The van der Waals surface area contributed by atoms with Gasteiger partial charge in [0.2, 0.25) is 0 Å². The fourth-order valence-corrected chi connectivity index (χ4v) is 14.7. The third-order valence-electron chi connectivity index (χ3n) is 20.9. The highest BCUT2D eigenvalue weighted by molar-refractivity contribution is 6.08. The standard InChI is InChI=1S/C33H31NO.C31H31NO.C30H27NO/c1-4-17-34-18-15-27(16-19-34)25-9-11-28(12-10-25)33-22-30(24(3)35)21-31-20-29(13-14-32(31)33)26-7-5-23(2)6-8-26;1-21-4-6-24(7-5-21)27-12-13-30-29(18-27)19-28(22(2)33)20-31(30)26-10-8-23(9-11-26)25-14-16-32(3)17-15-25;1-20-3-5-23(6-4-20)26-11-12-29-28(17-26)18-27(21(2)32)19-30(29)25-9-7-22(8-10-25)24-13-15-31-16-14-24/h1,5-14,20-22,27H,15-19H2,2-3H3;4-13,18-20,25H,14-17H2,1-3H3;3-13,17-19,31H,14-16H2,1-2H3. The van der Waals surface area contributed by atoms with Gasteiger partial charge in [-0.15, -0.1) is 6.42 Å². The van der Waals surface area contributed by atoms with Crippen LogP contribution in [0.25, 0.3) is 105 Å². The number of hydrogen-bond donors (Lipinski definition) is 1. The van der Waals surface area contributed by atoms with Gasteiger partial charge in [0, 0.05) is 23.2 Å². The maximum absolute atomic E-state index is 12.4. The number of rotatable bonds is 13. The fourth-order valence-electron chi connectivity index (χ4n) is 14.7. The molecule has 2 saturated heterocycles. The summed E-state index contributed by atoms with van der Waals surface area (Å²) < 4.78 is 0. The molecule has 3 aliphatic heterocycles. The topological polar surface area (TPSA) is 69.7 Å². The third-order valence-corrected chi connectivity index (χ3v) is 20.9. The molecular formula is C94H89N3O3. The van der Waals surface area contributed by atoms with Crippen LogP contribution in [0.4, 0.5) is 0 Å². The summed E-state index contributed by atoms with van der Waals surface area (Å²) in [6, 6.07) is 84.5. The Morgan fingerprint density at radius 2 is 0.720 bits per heavy atom. The van der Waals surface area contributed by atoms with Gasteiger partial charge in [0.15, 0.2) is 17.3 Å². The van der Waals surface area contributed by atoms with E-state index in [1.54, 1.807) is 20.8 Å². The van der Waals surface area contributed by atoms with Crippen LogP contribution in [0, 0.1) is 33.1 Å². The molecule has 6 nitrogen and oxygen atoms in total. The van der Waals surface area contributed by atoms with E-state index in [0.29, 0.717) is 11.8 Å². The lowest BCUT2D eigenvalue weighted by Crippen LogP contribution is -2.33. The highest BCUT2D eigenvalue weighted by Crippen LogP contribution is 2.40. The van der Waals surface area contributed by atoms with Crippen LogP contribution < -0.4 is 5.32 Å². The van der Waals surface area contributed by atoms with Crippen LogP contribution in [-0.4, -0.2) is 80.0 Å². The van der Waals surface area contributed by atoms with Crippen molar-refractivity contribution < 1.29 is 14.4 Å². The second-order valence-corrected chi connectivity index (χ2v) is 28.0. The summed E-state index contributed by atoms with van der Waals surface area (Å²) in [5.41, 5.74) is 25.4. The average Bonchev–Trinajstić information content (AvgIpc) is 0.786. The van der Waals surface area contributed by atoms with Gasteiger partial charge in [-0.2, -0.15) is 0 Å². The average molecular weight is 1310 g/mol. The normalized spacial score (nSPS) is 14.5. The number of likely N-dealkylation sites (tertiary alicyclic amines) is 2. The minimum atomic E-state index is 0.0873. The Morgan fingerprint density at radius 1 is 0.400 bits per heavy atom. The van der Waals surface area contributed by atoms with Crippen molar-refractivity contribution >= 4 is 55.2 Å². The minimum Gasteiger partial charge on any atom is -0.313 e. The Labute approximate surface area is 591 Å². The molecule has 0 spiro atoms. The molecule has 2 fully saturated rings. The van der Waals surface area contributed by atoms with E-state index in [9.17, 15) is 14.4 Å². The number of ketones is 3. The molecule has 12 aromatic carbocycles. The second kappa shape index (κ2) is 30.8. The molecule has 1 N–H and O–H groups in total. The SMILES string of the molecule is C#CCN1CCC(c2ccc(-c3cc(C(C)=O)cc4cc(-c5ccc(C)cc5)ccc34)cc2)CC1.CC(=O)c1cc(-c2ccc(C3=CCNCC3)cc2)c2ccc(-c3ccc(C)cc3)cc2c1.CC(=O)c1cc(-c2ccc(C3CCN(C)CC3)cc2)c2ccc(-c3ccc(C)cc3)cc2c1. The lowest BCUT2D eigenvalue weighted by Gasteiger charge is -2.30. The molecule has 15 rings (SSSR count). The number of carbonyl (C=O) groups excluding carboxylic acids is 3. The Kier molecular flexibility index (Phi) is 21.0. The van der Waals surface area contributed by atoms with Gasteiger partial charge in [-0.05, 0) is 301 Å². The number of benzene rings is 12. The highest BCUT2D eigenvalue weighted by atomic mass is 16.1. The first-order chi connectivity index (χ1) is 48.6. The molecule has 0 aromatic heterocycles. The summed E-state index contributed by atoms with van der Waals surface area (Å²) in [6.45, 7) is 18.4. The number of Topliss-reactive ketones (excluding diaryl/α,β-unsaturated/α-hetero) is 3. The summed E-state index contributed by atoms with van der Waals surface area (Å²) in [6.07, 6.45) is 13.5. The third kappa shape index (κ3) is 15.9. The number of aryl methyl sites for hydroxylation is 3. The van der Waals surface area contributed by atoms with Gasteiger partial charge >= 0.3 is 0 Å². The molecule has 498 valence electrons. The van der Waals surface area contributed by atoms with Crippen LogP contribution in [0.15, 0.2) is 243 Å². The van der Waals surface area contributed by atoms with E-state index in [2.05, 4.69) is 261 Å². The van der Waals surface area contributed by atoms with Gasteiger partial charge in [-0.25, -0.2) is 0 Å². The Hall–Kier alpha value is -10.4. The second-order valence-electron chi connectivity index (χ2n) is 28.0. The van der Waals surface area contributed by atoms with Gasteiger partial charge in [0.05, 0.1) is 6.54 Å². The van der Waals surface area contributed by atoms with Gasteiger partial charge in [0.25, 0.3) is 0 Å². The maximum Gasteiger partial charge on any atom is 0.159 e. The van der Waals surface area contributed by atoms with Gasteiger partial charge in [-0.1, -0.05) is 211 Å². The molecule has 0 atom stereocenters. The number of hydrogen-bond acceptors (Lipinski definition) is 6. The van der Waals surface area contributed by atoms with Crippen molar-refractivity contribution in [2.75, 3.05) is 52.9 Å². The van der Waals surface area contributed by atoms with Crippen molar-refractivity contribution in [2.45, 2.75) is 85.5 Å². The number of fused-ring (bicyclic) bond motifs is 3. The molecule has 0 bridgehead atoms. The van der Waals surface area contributed by atoms with E-state index < -0.39 is 0 Å². The molecule has 0 unspecified atom stereocenters. The molecule has 12 aromatic rings.